The first-order valence-corrected chi connectivity index (χ1v) is 8.71. The maximum Gasteiger partial charge on any atom is 0.287 e. The third-order valence-corrected chi connectivity index (χ3v) is 5.31. The van der Waals surface area contributed by atoms with Crippen LogP contribution in [0.1, 0.15) is 36.7 Å². The van der Waals surface area contributed by atoms with E-state index in [2.05, 4.69) is 28.2 Å². The first-order valence-electron chi connectivity index (χ1n) is 6.37. The van der Waals surface area contributed by atoms with Gasteiger partial charge in [-0.05, 0) is 40.6 Å². The standard InChI is InChI=1S/C12H17BrN2O4S/c1-7-2-3-8(4-7)6-15-12(16)9-5-10(11(13)19-9)20(14,17)18/h5,7-8H,2-4,6H2,1H3,(H,15,16)(H2,14,17,18). The molecule has 0 aromatic carbocycles. The molecule has 3 N–H and O–H groups in total. The number of hydrogen-bond donors (Lipinski definition) is 2. The molecule has 20 heavy (non-hydrogen) atoms. The molecule has 1 fully saturated rings. The van der Waals surface area contributed by atoms with Gasteiger partial charge in [0, 0.05) is 12.6 Å². The average molecular weight is 365 g/mol. The van der Waals surface area contributed by atoms with E-state index in [1.165, 1.54) is 6.42 Å². The van der Waals surface area contributed by atoms with Gasteiger partial charge in [0.25, 0.3) is 5.91 Å². The minimum Gasteiger partial charge on any atom is -0.443 e. The second-order valence-corrected chi connectivity index (χ2v) is 7.54. The topological polar surface area (TPSA) is 102 Å². The Morgan fingerprint density at radius 3 is 2.75 bits per heavy atom. The molecule has 1 aromatic rings. The maximum atomic E-state index is 11.9. The molecule has 2 atom stereocenters. The number of sulfonamides is 1. The van der Waals surface area contributed by atoms with Crippen LogP contribution in [0.25, 0.3) is 0 Å². The van der Waals surface area contributed by atoms with E-state index in [0.29, 0.717) is 18.4 Å². The van der Waals surface area contributed by atoms with E-state index in [0.717, 1.165) is 18.9 Å². The van der Waals surface area contributed by atoms with Crippen molar-refractivity contribution >= 4 is 31.9 Å². The van der Waals surface area contributed by atoms with Gasteiger partial charge in [-0.15, -0.1) is 0 Å². The predicted octanol–water partition coefficient (Wildman–Crippen LogP) is 1.86. The number of amides is 1. The van der Waals surface area contributed by atoms with Gasteiger partial charge in [-0.3, -0.25) is 4.79 Å². The largest absolute Gasteiger partial charge is 0.443 e. The van der Waals surface area contributed by atoms with E-state index in [1.54, 1.807) is 0 Å². The van der Waals surface area contributed by atoms with Crippen molar-refractivity contribution in [2.45, 2.75) is 31.1 Å². The molecule has 0 radical (unpaired) electrons. The number of rotatable bonds is 4. The molecule has 1 aliphatic rings. The quantitative estimate of drug-likeness (QED) is 0.850. The SMILES string of the molecule is CC1CCC(CNC(=O)c2cc(S(N)(=O)=O)c(Br)o2)C1. The van der Waals surface area contributed by atoms with Crippen LogP contribution < -0.4 is 10.5 Å². The number of nitrogens with one attached hydrogen (secondary N) is 1. The highest BCUT2D eigenvalue weighted by Crippen LogP contribution is 2.30. The fourth-order valence-corrected chi connectivity index (χ4v) is 3.99. The second-order valence-electron chi connectivity index (χ2n) is 5.29. The van der Waals surface area contributed by atoms with E-state index in [4.69, 9.17) is 9.56 Å². The summed E-state index contributed by atoms with van der Waals surface area (Å²) >= 11 is 2.94. The third kappa shape index (κ3) is 3.62. The molecule has 0 saturated heterocycles. The first kappa shape index (κ1) is 15.5. The first-order chi connectivity index (χ1) is 9.27. The zero-order valence-electron chi connectivity index (χ0n) is 11.1. The summed E-state index contributed by atoms with van der Waals surface area (Å²) in [6.45, 7) is 2.77. The number of furan rings is 1. The third-order valence-electron chi connectivity index (χ3n) is 3.54. The van der Waals surface area contributed by atoms with Crippen LogP contribution >= 0.6 is 15.9 Å². The lowest BCUT2D eigenvalue weighted by molar-refractivity contribution is 0.0918. The van der Waals surface area contributed by atoms with Crippen molar-refractivity contribution in [3.05, 3.63) is 16.5 Å². The zero-order valence-corrected chi connectivity index (χ0v) is 13.5. The summed E-state index contributed by atoms with van der Waals surface area (Å²) in [5.74, 6) is 0.681. The highest BCUT2D eigenvalue weighted by Gasteiger charge is 2.24. The summed E-state index contributed by atoms with van der Waals surface area (Å²) in [5, 5.41) is 7.77. The summed E-state index contributed by atoms with van der Waals surface area (Å²) in [6.07, 6.45) is 3.39. The molecule has 6 nitrogen and oxygen atoms in total. The predicted molar refractivity (Wildman–Crippen MR) is 76.6 cm³/mol. The van der Waals surface area contributed by atoms with Gasteiger partial charge in [0.15, 0.2) is 10.4 Å². The molecule has 1 heterocycles. The van der Waals surface area contributed by atoms with E-state index >= 15 is 0 Å². The molecule has 0 bridgehead atoms. The minimum atomic E-state index is -3.90. The highest BCUT2D eigenvalue weighted by atomic mass is 79.9. The Balaban J connectivity index is 2.00. The van der Waals surface area contributed by atoms with Crippen molar-refractivity contribution in [1.82, 2.24) is 5.32 Å². The Kier molecular flexibility index (Phi) is 4.55. The lowest BCUT2D eigenvalue weighted by Gasteiger charge is -2.09. The van der Waals surface area contributed by atoms with Gasteiger partial charge < -0.3 is 9.73 Å². The summed E-state index contributed by atoms with van der Waals surface area (Å²) in [4.78, 5) is 11.7. The highest BCUT2D eigenvalue weighted by molar-refractivity contribution is 9.10. The lowest BCUT2D eigenvalue weighted by Crippen LogP contribution is -2.28. The van der Waals surface area contributed by atoms with Gasteiger partial charge in [-0.1, -0.05) is 13.3 Å². The molecule has 1 saturated carbocycles. The molecule has 2 unspecified atom stereocenters. The molecular weight excluding hydrogens is 348 g/mol. The van der Waals surface area contributed by atoms with Crippen LogP contribution in [0.3, 0.4) is 0 Å². The normalized spacial score (nSPS) is 22.9. The number of nitrogens with two attached hydrogens (primary N) is 1. The zero-order chi connectivity index (χ0) is 14.9. The number of halogens is 1. The second kappa shape index (κ2) is 5.87. The lowest BCUT2D eigenvalue weighted by atomic mass is 10.1. The van der Waals surface area contributed by atoms with Crippen LogP contribution in [0.15, 0.2) is 20.0 Å². The summed E-state index contributed by atoms with van der Waals surface area (Å²) < 4.78 is 27.5. The van der Waals surface area contributed by atoms with Gasteiger partial charge in [0.05, 0.1) is 0 Å². The van der Waals surface area contributed by atoms with Gasteiger partial charge >= 0.3 is 0 Å². The van der Waals surface area contributed by atoms with Gasteiger partial charge in [0.2, 0.25) is 10.0 Å². The van der Waals surface area contributed by atoms with Crippen LogP contribution in [0.2, 0.25) is 0 Å². The Labute approximate surface area is 126 Å². The van der Waals surface area contributed by atoms with Crippen LogP contribution in [0.4, 0.5) is 0 Å². The van der Waals surface area contributed by atoms with Gasteiger partial charge in [-0.2, -0.15) is 0 Å². The number of primary sulfonamides is 1. The number of carbonyl (C=O) groups is 1. The van der Waals surface area contributed by atoms with Crippen molar-refractivity contribution in [3.63, 3.8) is 0 Å². The summed E-state index contributed by atoms with van der Waals surface area (Å²) in [7, 11) is -3.90. The molecule has 112 valence electrons. The fraction of sp³-hybridized carbons (Fsp3) is 0.583. The Bertz CT molecular complexity index is 611. The Morgan fingerprint density at radius 1 is 1.55 bits per heavy atom. The van der Waals surface area contributed by atoms with Crippen LogP contribution in [0.5, 0.6) is 0 Å². The molecular formula is C12H17BrN2O4S. The monoisotopic (exact) mass is 364 g/mol. The summed E-state index contributed by atoms with van der Waals surface area (Å²) in [5.41, 5.74) is 0. The van der Waals surface area contributed by atoms with Crippen molar-refractivity contribution < 1.29 is 17.6 Å². The number of hydrogen-bond acceptors (Lipinski definition) is 4. The van der Waals surface area contributed by atoms with Crippen molar-refractivity contribution in [3.8, 4) is 0 Å². The van der Waals surface area contributed by atoms with Crippen LogP contribution in [-0.2, 0) is 10.0 Å². The smallest absolute Gasteiger partial charge is 0.287 e. The van der Waals surface area contributed by atoms with E-state index in [1.807, 2.05) is 0 Å². The molecule has 1 aromatic heterocycles. The minimum absolute atomic E-state index is 0.0559. The number of carbonyl (C=O) groups excluding carboxylic acids is 1. The van der Waals surface area contributed by atoms with Crippen molar-refractivity contribution in [2.75, 3.05) is 6.54 Å². The van der Waals surface area contributed by atoms with Crippen LogP contribution in [0, 0.1) is 11.8 Å². The Hall–Kier alpha value is -0.860. The molecule has 1 aliphatic carbocycles. The molecule has 2 rings (SSSR count). The van der Waals surface area contributed by atoms with Crippen molar-refractivity contribution in [1.29, 1.82) is 0 Å². The molecule has 0 spiro atoms. The molecule has 0 aliphatic heterocycles. The van der Waals surface area contributed by atoms with E-state index < -0.39 is 15.9 Å². The average Bonchev–Trinajstić information content (AvgIpc) is 2.91. The maximum absolute atomic E-state index is 11.9. The van der Waals surface area contributed by atoms with Crippen molar-refractivity contribution in [2.24, 2.45) is 17.0 Å². The fourth-order valence-electron chi connectivity index (χ4n) is 2.49. The molecule has 1 amide bonds. The van der Waals surface area contributed by atoms with E-state index in [-0.39, 0.29) is 15.3 Å². The molecule has 8 heteroatoms. The van der Waals surface area contributed by atoms with Gasteiger partial charge in [-0.25, -0.2) is 13.6 Å². The van der Waals surface area contributed by atoms with E-state index in [9.17, 15) is 13.2 Å². The van der Waals surface area contributed by atoms with Gasteiger partial charge in [0.1, 0.15) is 4.90 Å². The Morgan fingerprint density at radius 2 is 2.25 bits per heavy atom. The summed E-state index contributed by atoms with van der Waals surface area (Å²) in [6, 6.07) is 1.13. The van der Waals surface area contributed by atoms with Crippen LogP contribution in [-0.4, -0.2) is 20.9 Å².